The Hall–Kier alpha value is -2.12. The monoisotopic (exact) mass is 243 g/mol. The molecule has 2 rings (SSSR count). The average molecular weight is 243 g/mol. The van der Waals surface area contributed by atoms with Gasteiger partial charge in [0.15, 0.2) is 5.01 Å². The maximum absolute atomic E-state index is 10.7. The number of rotatable bonds is 1. The Labute approximate surface area is 103 Å². The van der Waals surface area contributed by atoms with Gasteiger partial charge in [0.2, 0.25) is 0 Å². The zero-order valence-corrected chi connectivity index (χ0v) is 9.91. The molecule has 1 N–H and O–H groups in total. The van der Waals surface area contributed by atoms with Crippen LogP contribution in [-0.4, -0.2) is 16.1 Å². The van der Waals surface area contributed by atoms with E-state index < -0.39 is 5.97 Å². The fraction of sp³-hybridized carbons (Fsp3) is 0.0769. The number of nitrogens with zero attached hydrogens (tertiary/aromatic N) is 1. The first kappa shape index (κ1) is 11.4. The van der Waals surface area contributed by atoms with E-state index in [1.165, 1.54) is 6.20 Å². The molecule has 0 fully saturated rings. The van der Waals surface area contributed by atoms with Crippen LogP contribution in [0.1, 0.15) is 25.8 Å². The summed E-state index contributed by atoms with van der Waals surface area (Å²) in [6.07, 6.45) is 1.33. The molecule has 1 aromatic heterocycles. The molecule has 0 aliphatic carbocycles. The molecule has 0 spiro atoms. The summed E-state index contributed by atoms with van der Waals surface area (Å²) in [4.78, 5) is 14.8. The number of benzene rings is 1. The number of carboxylic acids is 1. The predicted octanol–water partition coefficient (Wildman–Crippen LogP) is 2.55. The minimum Gasteiger partial charge on any atom is -0.477 e. The van der Waals surface area contributed by atoms with E-state index in [2.05, 4.69) is 16.8 Å². The van der Waals surface area contributed by atoms with E-state index >= 15 is 0 Å². The van der Waals surface area contributed by atoms with Crippen LogP contribution in [0.25, 0.3) is 0 Å². The van der Waals surface area contributed by atoms with Crippen LogP contribution in [0.2, 0.25) is 0 Å². The van der Waals surface area contributed by atoms with Gasteiger partial charge in [0.05, 0.1) is 6.20 Å². The van der Waals surface area contributed by atoms with E-state index in [-0.39, 0.29) is 4.88 Å². The highest BCUT2D eigenvalue weighted by Gasteiger charge is 2.06. The van der Waals surface area contributed by atoms with E-state index in [9.17, 15) is 4.79 Å². The molecule has 0 aliphatic rings. The third kappa shape index (κ3) is 2.92. The molecule has 1 aromatic carbocycles. The van der Waals surface area contributed by atoms with Gasteiger partial charge in [-0.15, -0.1) is 0 Å². The van der Waals surface area contributed by atoms with Gasteiger partial charge in [0.25, 0.3) is 0 Å². The number of carboxylic acid groups (broad SMARTS) is 1. The van der Waals surface area contributed by atoms with Crippen LogP contribution in [0.3, 0.4) is 0 Å². The molecular weight excluding hydrogens is 234 g/mol. The zero-order chi connectivity index (χ0) is 12.3. The summed E-state index contributed by atoms with van der Waals surface area (Å²) < 4.78 is 0. The Morgan fingerprint density at radius 2 is 2.24 bits per heavy atom. The van der Waals surface area contributed by atoms with Crippen molar-refractivity contribution in [2.75, 3.05) is 0 Å². The highest BCUT2D eigenvalue weighted by molar-refractivity contribution is 7.14. The SMILES string of the molecule is Cc1cccc(C#Cc2ncc(C(=O)O)s2)c1. The van der Waals surface area contributed by atoms with Crippen LogP contribution < -0.4 is 0 Å². The molecule has 0 aliphatic heterocycles. The molecule has 0 radical (unpaired) electrons. The molecule has 17 heavy (non-hydrogen) atoms. The van der Waals surface area contributed by atoms with Crippen LogP contribution in [0.4, 0.5) is 0 Å². The molecule has 0 amide bonds. The maximum Gasteiger partial charge on any atom is 0.347 e. The summed E-state index contributed by atoms with van der Waals surface area (Å²) in [7, 11) is 0. The average Bonchev–Trinajstić information content (AvgIpc) is 2.75. The second-order valence-corrected chi connectivity index (χ2v) is 4.48. The van der Waals surface area contributed by atoms with Crippen LogP contribution in [0.5, 0.6) is 0 Å². The van der Waals surface area contributed by atoms with Crippen molar-refractivity contribution in [3.8, 4) is 11.8 Å². The molecule has 3 nitrogen and oxygen atoms in total. The topological polar surface area (TPSA) is 50.2 Å². The molecule has 0 saturated heterocycles. The number of thiazole rings is 1. The van der Waals surface area contributed by atoms with Gasteiger partial charge in [-0.3, -0.25) is 0 Å². The van der Waals surface area contributed by atoms with E-state index in [0.29, 0.717) is 5.01 Å². The third-order valence-electron chi connectivity index (χ3n) is 2.05. The molecule has 2 aromatic rings. The lowest BCUT2D eigenvalue weighted by Crippen LogP contribution is -1.89. The maximum atomic E-state index is 10.7. The summed E-state index contributed by atoms with van der Waals surface area (Å²) in [6, 6.07) is 7.81. The fourth-order valence-corrected chi connectivity index (χ4v) is 1.89. The Kier molecular flexibility index (Phi) is 3.22. The minimum atomic E-state index is -0.967. The van der Waals surface area contributed by atoms with E-state index in [4.69, 9.17) is 5.11 Å². The zero-order valence-electron chi connectivity index (χ0n) is 9.10. The Balaban J connectivity index is 2.23. The lowest BCUT2D eigenvalue weighted by Gasteiger charge is -1.91. The molecule has 0 unspecified atom stereocenters. The van der Waals surface area contributed by atoms with Gasteiger partial charge in [-0.25, -0.2) is 9.78 Å². The molecular formula is C13H9NO2S. The van der Waals surface area contributed by atoms with Gasteiger partial charge >= 0.3 is 5.97 Å². The van der Waals surface area contributed by atoms with Gasteiger partial charge in [-0.05, 0) is 30.5 Å². The van der Waals surface area contributed by atoms with Crippen LogP contribution in [-0.2, 0) is 0 Å². The molecule has 0 saturated carbocycles. The minimum absolute atomic E-state index is 0.207. The summed E-state index contributed by atoms with van der Waals surface area (Å²) in [5.41, 5.74) is 2.04. The summed E-state index contributed by atoms with van der Waals surface area (Å²) in [5.74, 6) is 4.85. The normalized spacial score (nSPS) is 9.47. The molecule has 0 bridgehead atoms. The van der Waals surface area contributed by atoms with Gasteiger partial charge in [-0.1, -0.05) is 29.4 Å². The van der Waals surface area contributed by atoms with Crippen molar-refractivity contribution >= 4 is 17.3 Å². The Morgan fingerprint density at radius 3 is 2.88 bits per heavy atom. The van der Waals surface area contributed by atoms with E-state index in [1.54, 1.807) is 0 Å². The van der Waals surface area contributed by atoms with Crippen molar-refractivity contribution in [2.45, 2.75) is 6.92 Å². The molecule has 84 valence electrons. The van der Waals surface area contributed by atoms with Crippen molar-refractivity contribution in [2.24, 2.45) is 0 Å². The van der Waals surface area contributed by atoms with Crippen LogP contribution in [0, 0.1) is 18.8 Å². The van der Waals surface area contributed by atoms with Gasteiger partial charge in [-0.2, -0.15) is 0 Å². The van der Waals surface area contributed by atoms with Gasteiger partial charge < -0.3 is 5.11 Å². The Bertz CT molecular complexity index is 620. The van der Waals surface area contributed by atoms with Crippen molar-refractivity contribution < 1.29 is 9.90 Å². The standard InChI is InChI=1S/C13H9NO2S/c1-9-3-2-4-10(7-9)5-6-12-14-8-11(17-12)13(15)16/h2-4,7-8H,1H3,(H,15,16). The number of hydrogen-bond acceptors (Lipinski definition) is 3. The van der Waals surface area contributed by atoms with Gasteiger partial charge in [0, 0.05) is 5.56 Å². The first-order chi connectivity index (χ1) is 8.15. The highest BCUT2D eigenvalue weighted by Crippen LogP contribution is 2.11. The molecule has 0 atom stereocenters. The van der Waals surface area contributed by atoms with Crippen molar-refractivity contribution in [3.05, 3.63) is 51.5 Å². The quantitative estimate of drug-likeness (QED) is 0.783. The van der Waals surface area contributed by atoms with Crippen LogP contribution in [0.15, 0.2) is 30.5 Å². The first-order valence-corrected chi connectivity index (χ1v) is 5.74. The summed E-state index contributed by atoms with van der Waals surface area (Å²) in [5, 5.41) is 9.26. The van der Waals surface area contributed by atoms with E-state index in [0.717, 1.165) is 22.5 Å². The fourth-order valence-electron chi connectivity index (χ4n) is 1.28. The molecule has 1 heterocycles. The lowest BCUT2D eigenvalue weighted by atomic mass is 10.1. The predicted molar refractivity (Wildman–Crippen MR) is 66.2 cm³/mol. The number of aromatic nitrogens is 1. The first-order valence-electron chi connectivity index (χ1n) is 4.93. The number of aromatic carboxylic acids is 1. The van der Waals surface area contributed by atoms with E-state index in [1.807, 2.05) is 31.2 Å². The van der Waals surface area contributed by atoms with Gasteiger partial charge in [0.1, 0.15) is 4.88 Å². The molecule has 4 heteroatoms. The summed E-state index contributed by atoms with van der Waals surface area (Å²) in [6.45, 7) is 2.00. The Morgan fingerprint density at radius 1 is 1.41 bits per heavy atom. The van der Waals surface area contributed by atoms with Crippen LogP contribution >= 0.6 is 11.3 Å². The van der Waals surface area contributed by atoms with Crippen molar-refractivity contribution in [1.29, 1.82) is 0 Å². The number of hydrogen-bond donors (Lipinski definition) is 1. The largest absolute Gasteiger partial charge is 0.477 e. The lowest BCUT2D eigenvalue weighted by molar-refractivity contribution is 0.0702. The van der Waals surface area contributed by atoms with Crippen molar-refractivity contribution in [1.82, 2.24) is 4.98 Å². The number of carbonyl (C=O) groups is 1. The highest BCUT2D eigenvalue weighted by atomic mass is 32.1. The second kappa shape index (κ2) is 4.81. The van der Waals surface area contributed by atoms with Crippen molar-refractivity contribution in [3.63, 3.8) is 0 Å². The number of aryl methyl sites for hydroxylation is 1. The second-order valence-electron chi connectivity index (χ2n) is 3.45. The smallest absolute Gasteiger partial charge is 0.347 e. The third-order valence-corrected chi connectivity index (χ3v) is 2.95. The summed E-state index contributed by atoms with van der Waals surface area (Å²) >= 11 is 1.08.